The minimum atomic E-state index is -0.483. The fourth-order valence-corrected chi connectivity index (χ4v) is 3.47. The number of nitrogens with zero attached hydrogens (tertiary/aromatic N) is 1. The van der Waals surface area contributed by atoms with Crippen LogP contribution in [0.2, 0.25) is 0 Å². The Hall–Kier alpha value is -1.79. The number of amides is 1. The summed E-state index contributed by atoms with van der Waals surface area (Å²) in [5.41, 5.74) is 0.932. The van der Waals surface area contributed by atoms with Crippen LogP contribution in [-0.2, 0) is 11.2 Å². The monoisotopic (exact) mass is 326 g/mol. The average Bonchev–Trinajstić information content (AvgIpc) is 2.62. The van der Waals surface area contributed by atoms with E-state index in [1.165, 1.54) is 5.56 Å². The lowest BCUT2D eigenvalue weighted by molar-refractivity contribution is -0.124. The lowest BCUT2D eigenvalue weighted by Gasteiger charge is -2.33. The minimum Gasteiger partial charge on any atom is -0.339 e. The standard InChI is InChI=1S/C21H30N2O/c1-4-21(5-2,6-3)22-20(24)17-23-14-12-19(13-15-23)16-18-10-8-7-9-11-18/h1,7-11,19H,5-6,12-17H2,2-3H3,(H,22,24). The maximum Gasteiger partial charge on any atom is 0.235 e. The van der Waals surface area contributed by atoms with Gasteiger partial charge in [-0.2, -0.15) is 0 Å². The van der Waals surface area contributed by atoms with Crippen molar-refractivity contribution in [3.63, 3.8) is 0 Å². The lowest BCUT2D eigenvalue weighted by Crippen LogP contribution is -2.51. The summed E-state index contributed by atoms with van der Waals surface area (Å²) in [4.78, 5) is 14.6. The Balaban J connectivity index is 1.76. The maximum absolute atomic E-state index is 12.3. The Morgan fingerprint density at radius 2 is 1.88 bits per heavy atom. The molecular formula is C21H30N2O. The van der Waals surface area contributed by atoms with Gasteiger partial charge in [0.2, 0.25) is 5.91 Å². The molecule has 0 bridgehead atoms. The summed E-state index contributed by atoms with van der Waals surface area (Å²) in [6.45, 7) is 6.50. The maximum atomic E-state index is 12.3. The van der Waals surface area contributed by atoms with Crippen LogP contribution >= 0.6 is 0 Å². The summed E-state index contributed by atoms with van der Waals surface area (Å²) < 4.78 is 0. The van der Waals surface area contributed by atoms with E-state index in [0.29, 0.717) is 6.54 Å². The molecule has 1 aliphatic rings. The molecule has 1 N–H and O–H groups in total. The van der Waals surface area contributed by atoms with Crippen molar-refractivity contribution in [1.29, 1.82) is 0 Å². The third kappa shape index (κ3) is 5.11. The number of terminal acetylenes is 1. The molecule has 1 saturated heterocycles. The number of carbonyl (C=O) groups is 1. The highest BCUT2D eigenvalue weighted by Gasteiger charge is 2.27. The molecule has 1 aromatic carbocycles. The van der Waals surface area contributed by atoms with Crippen molar-refractivity contribution in [2.24, 2.45) is 5.92 Å². The Bertz CT molecular complexity index is 549. The Kier molecular flexibility index (Phi) is 6.87. The number of benzene rings is 1. The first-order valence-corrected chi connectivity index (χ1v) is 9.16. The highest BCUT2D eigenvalue weighted by molar-refractivity contribution is 5.79. The lowest BCUT2D eigenvalue weighted by atomic mass is 9.90. The number of hydrogen-bond donors (Lipinski definition) is 1. The fourth-order valence-electron chi connectivity index (χ4n) is 3.47. The van der Waals surface area contributed by atoms with Crippen LogP contribution in [0.5, 0.6) is 0 Å². The molecule has 0 spiro atoms. The molecule has 1 aliphatic heterocycles. The molecular weight excluding hydrogens is 296 g/mol. The second kappa shape index (κ2) is 8.89. The van der Waals surface area contributed by atoms with Crippen molar-refractivity contribution in [2.75, 3.05) is 19.6 Å². The number of piperidine rings is 1. The van der Waals surface area contributed by atoms with Crippen molar-refractivity contribution in [1.82, 2.24) is 10.2 Å². The molecule has 1 heterocycles. The van der Waals surface area contributed by atoms with Gasteiger partial charge in [-0.25, -0.2) is 0 Å². The van der Waals surface area contributed by atoms with E-state index in [-0.39, 0.29) is 5.91 Å². The third-order valence-corrected chi connectivity index (χ3v) is 5.30. The van der Waals surface area contributed by atoms with Gasteiger partial charge in [0, 0.05) is 0 Å². The van der Waals surface area contributed by atoms with Gasteiger partial charge in [-0.05, 0) is 56.7 Å². The zero-order valence-electron chi connectivity index (χ0n) is 15.1. The van der Waals surface area contributed by atoms with Gasteiger partial charge < -0.3 is 5.32 Å². The highest BCUT2D eigenvalue weighted by atomic mass is 16.2. The first kappa shape index (κ1) is 18.5. The molecule has 0 aliphatic carbocycles. The first-order chi connectivity index (χ1) is 11.6. The van der Waals surface area contributed by atoms with Gasteiger partial charge in [0.25, 0.3) is 0 Å². The molecule has 0 saturated carbocycles. The summed E-state index contributed by atoms with van der Waals surface area (Å²) in [7, 11) is 0. The number of likely N-dealkylation sites (tertiary alicyclic amines) is 1. The Labute approximate surface area is 146 Å². The Morgan fingerprint density at radius 1 is 1.25 bits per heavy atom. The molecule has 0 radical (unpaired) electrons. The second-order valence-electron chi connectivity index (χ2n) is 6.89. The average molecular weight is 326 g/mol. The van der Waals surface area contributed by atoms with Gasteiger partial charge in [-0.1, -0.05) is 50.1 Å². The molecule has 1 fully saturated rings. The predicted octanol–water partition coefficient (Wildman–Crippen LogP) is 3.25. The predicted molar refractivity (Wildman–Crippen MR) is 99.6 cm³/mol. The highest BCUT2D eigenvalue weighted by Crippen LogP contribution is 2.21. The fraction of sp³-hybridized carbons (Fsp3) is 0.571. The van der Waals surface area contributed by atoms with E-state index in [2.05, 4.69) is 46.5 Å². The van der Waals surface area contributed by atoms with Gasteiger partial charge >= 0.3 is 0 Å². The normalized spacial score (nSPS) is 16.5. The topological polar surface area (TPSA) is 32.3 Å². The first-order valence-electron chi connectivity index (χ1n) is 9.16. The number of nitrogens with one attached hydrogen (secondary N) is 1. The van der Waals surface area contributed by atoms with Crippen molar-refractivity contribution in [2.45, 2.75) is 51.5 Å². The van der Waals surface area contributed by atoms with E-state index >= 15 is 0 Å². The number of rotatable bonds is 7. The molecule has 0 aromatic heterocycles. The van der Waals surface area contributed by atoms with Crippen LogP contribution in [0.15, 0.2) is 30.3 Å². The SMILES string of the molecule is C#CC(CC)(CC)NC(=O)CN1CCC(Cc2ccccc2)CC1. The zero-order valence-corrected chi connectivity index (χ0v) is 15.1. The molecule has 1 amide bonds. The van der Waals surface area contributed by atoms with Crippen molar-refractivity contribution in [3.05, 3.63) is 35.9 Å². The van der Waals surface area contributed by atoms with E-state index in [1.54, 1.807) is 0 Å². The summed E-state index contributed by atoms with van der Waals surface area (Å²) in [6.07, 6.45) is 10.6. The molecule has 130 valence electrons. The molecule has 3 nitrogen and oxygen atoms in total. The van der Waals surface area contributed by atoms with E-state index in [1.807, 2.05) is 13.8 Å². The quantitative estimate of drug-likeness (QED) is 0.780. The van der Waals surface area contributed by atoms with E-state index in [0.717, 1.165) is 51.1 Å². The van der Waals surface area contributed by atoms with Crippen LogP contribution < -0.4 is 5.32 Å². The number of hydrogen-bond acceptors (Lipinski definition) is 2. The molecule has 24 heavy (non-hydrogen) atoms. The Morgan fingerprint density at radius 3 is 2.42 bits per heavy atom. The third-order valence-electron chi connectivity index (χ3n) is 5.30. The van der Waals surface area contributed by atoms with Crippen LogP contribution in [0.1, 0.15) is 45.1 Å². The van der Waals surface area contributed by atoms with Gasteiger partial charge in [-0.3, -0.25) is 9.69 Å². The van der Waals surface area contributed by atoms with Crippen LogP contribution in [0.25, 0.3) is 0 Å². The van der Waals surface area contributed by atoms with Gasteiger partial charge in [0.05, 0.1) is 6.54 Å². The van der Waals surface area contributed by atoms with Crippen LogP contribution in [0.4, 0.5) is 0 Å². The molecule has 3 heteroatoms. The largest absolute Gasteiger partial charge is 0.339 e. The van der Waals surface area contributed by atoms with E-state index in [9.17, 15) is 4.79 Å². The summed E-state index contributed by atoms with van der Waals surface area (Å²) in [5.74, 6) is 3.55. The van der Waals surface area contributed by atoms with Crippen molar-refractivity contribution in [3.8, 4) is 12.3 Å². The summed E-state index contributed by atoms with van der Waals surface area (Å²) >= 11 is 0. The van der Waals surface area contributed by atoms with Crippen LogP contribution in [-0.4, -0.2) is 36.0 Å². The second-order valence-corrected chi connectivity index (χ2v) is 6.89. The molecule has 2 rings (SSSR count). The minimum absolute atomic E-state index is 0.0539. The zero-order chi connectivity index (χ0) is 17.4. The molecule has 0 atom stereocenters. The van der Waals surface area contributed by atoms with E-state index in [4.69, 9.17) is 6.42 Å². The van der Waals surface area contributed by atoms with Crippen LogP contribution in [0, 0.1) is 18.3 Å². The van der Waals surface area contributed by atoms with Crippen LogP contribution in [0.3, 0.4) is 0 Å². The van der Waals surface area contributed by atoms with Crippen molar-refractivity contribution >= 4 is 5.91 Å². The molecule has 0 unspecified atom stereocenters. The van der Waals surface area contributed by atoms with Gasteiger partial charge in [0.1, 0.15) is 5.54 Å². The number of carbonyl (C=O) groups excluding carboxylic acids is 1. The van der Waals surface area contributed by atoms with Gasteiger partial charge in [0.15, 0.2) is 0 Å². The van der Waals surface area contributed by atoms with Crippen molar-refractivity contribution < 1.29 is 4.79 Å². The summed E-state index contributed by atoms with van der Waals surface area (Å²) in [6, 6.07) is 10.7. The van der Waals surface area contributed by atoms with Gasteiger partial charge in [-0.15, -0.1) is 6.42 Å². The molecule has 1 aromatic rings. The smallest absolute Gasteiger partial charge is 0.235 e. The van der Waals surface area contributed by atoms with E-state index < -0.39 is 5.54 Å². The summed E-state index contributed by atoms with van der Waals surface area (Å²) in [5, 5.41) is 3.06.